The highest BCUT2D eigenvalue weighted by atomic mass is 16.8. The molecule has 2 N–H and O–H groups in total. The van der Waals surface area contributed by atoms with Gasteiger partial charge in [-0.3, -0.25) is 9.63 Å². The first-order valence-electron chi connectivity index (χ1n) is 5.76. The average Bonchev–Trinajstić information content (AvgIpc) is 2.53. The van der Waals surface area contributed by atoms with Crippen molar-refractivity contribution in [2.45, 2.75) is 45.9 Å². The fraction of sp³-hybridized carbons (Fsp3) is 0.909. The molecule has 2 unspecified atom stereocenters. The number of esters is 1. The summed E-state index contributed by atoms with van der Waals surface area (Å²) in [6.07, 6.45) is 0.896. The van der Waals surface area contributed by atoms with Crippen molar-refractivity contribution in [1.29, 1.82) is 0 Å². The quantitative estimate of drug-likeness (QED) is 0.701. The van der Waals surface area contributed by atoms with Crippen LogP contribution in [0.4, 0.5) is 0 Å². The molecule has 16 heavy (non-hydrogen) atoms. The van der Waals surface area contributed by atoms with E-state index in [1.165, 1.54) is 6.92 Å². The average molecular weight is 231 g/mol. The van der Waals surface area contributed by atoms with Crippen LogP contribution < -0.4 is 5.48 Å². The second kappa shape index (κ2) is 5.12. The number of carbonyl (C=O) groups is 1. The molecule has 1 saturated heterocycles. The van der Waals surface area contributed by atoms with Crippen molar-refractivity contribution < 1.29 is 19.5 Å². The predicted molar refractivity (Wildman–Crippen MR) is 58.2 cm³/mol. The van der Waals surface area contributed by atoms with E-state index in [1.807, 2.05) is 13.8 Å². The minimum atomic E-state index is -1.50. The Morgan fingerprint density at radius 2 is 2.25 bits per heavy atom. The highest BCUT2D eigenvalue weighted by Gasteiger charge is 2.52. The van der Waals surface area contributed by atoms with Gasteiger partial charge in [0.1, 0.15) is 5.92 Å². The minimum absolute atomic E-state index is 0.209. The van der Waals surface area contributed by atoms with E-state index in [0.717, 1.165) is 6.42 Å². The van der Waals surface area contributed by atoms with Crippen LogP contribution in [-0.2, 0) is 14.4 Å². The number of nitrogens with one attached hydrogen (secondary N) is 1. The Morgan fingerprint density at radius 3 is 2.75 bits per heavy atom. The van der Waals surface area contributed by atoms with E-state index in [9.17, 15) is 9.90 Å². The van der Waals surface area contributed by atoms with Gasteiger partial charge in [-0.05, 0) is 19.8 Å². The van der Waals surface area contributed by atoms with Crippen molar-refractivity contribution in [3.8, 4) is 0 Å². The molecule has 0 radical (unpaired) electrons. The third-order valence-electron chi connectivity index (χ3n) is 3.14. The maximum atomic E-state index is 11.8. The maximum absolute atomic E-state index is 11.8. The summed E-state index contributed by atoms with van der Waals surface area (Å²) in [5.41, 5.74) is 2.74. The molecule has 0 aliphatic carbocycles. The lowest BCUT2D eigenvalue weighted by Gasteiger charge is -2.26. The molecule has 5 nitrogen and oxygen atoms in total. The van der Waals surface area contributed by atoms with Gasteiger partial charge in [0.25, 0.3) is 0 Å². The maximum Gasteiger partial charge on any atom is 0.316 e. The molecule has 5 heteroatoms. The van der Waals surface area contributed by atoms with Gasteiger partial charge < -0.3 is 9.84 Å². The lowest BCUT2D eigenvalue weighted by Crippen LogP contribution is -2.44. The van der Waals surface area contributed by atoms with E-state index < -0.39 is 17.7 Å². The fourth-order valence-electron chi connectivity index (χ4n) is 1.95. The molecule has 1 heterocycles. The summed E-state index contributed by atoms with van der Waals surface area (Å²) in [5, 5.41) is 9.98. The van der Waals surface area contributed by atoms with Crippen molar-refractivity contribution in [3.05, 3.63) is 0 Å². The van der Waals surface area contributed by atoms with Crippen LogP contribution in [0, 0.1) is 11.8 Å². The summed E-state index contributed by atoms with van der Waals surface area (Å²) in [6.45, 7) is 7.56. The van der Waals surface area contributed by atoms with Crippen LogP contribution in [-0.4, -0.2) is 29.5 Å². The molecule has 0 spiro atoms. The first-order chi connectivity index (χ1) is 7.44. The van der Waals surface area contributed by atoms with Crippen LogP contribution in [0.3, 0.4) is 0 Å². The molecule has 1 fully saturated rings. The molecule has 1 rings (SSSR count). The minimum Gasteiger partial charge on any atom is -0.466 e. The second-order valence-electron chi connectivity index (χ2n) is 4.42. The van der Waals surface area contributed by atoms with E-state index in [4.69, 9.17) is 9.57 Å². The Balaban J connectivity index is 2.83. The Hall–Kier alpha value is -0.650. The molecule has 0 aromatic carbocycles. The van der Waals surface area contributed by atoms with Crippen molar-refractivity contribution >= 4 is 5.97 Å². The zero-order chi connectivity index (χ0) is 12.3. The number of hydroxylamine groups is 1. The fourth-order valence-corrected chi connectivity index (χ4v) is 1.95. The predicted octanol–water partition coefficient (Wildman–Crippen LogP) is 0.824. The van der Waals surface area contributed by atoms with Crippen molar-refractivity contribution in [3.63, 3.8) is 0 Å². The highest BCUT2D eigenvalue weighted by Crippen LogP contribution is 2.33. The standard InChI is InChI=1S/C11H21NO4/c1-5-7(3)9-8(10(13)15-6-2)11(4,14)16-12-9/h7-9,12,14H,5-6H2,1-4H3/t7?,8-,9+,11?/m1/s1. The van der Waals surface area contributed by atoms with Crippen LogP contribution in [0.2, 0.25) is 0 Å². The third kappa shape index (κ3) is 2.53. The Labute approximate surface area is 96.1 Å². The summed E-state index contributed by atoms with van der Waals surface area (Å²) in [4.78, 5) is 16.9. The lowest BCUT2D eigenvalue weighted by atomic mass is 9.84. The van der Waals surface area contributed by atoms with Gasteiger partial charge in [-0.15, -0.1) is 0 Å². The van der Waals surface area contributed by atoms with Gasteiger partial charge in [0.15, 0.2) is 5.79 Å². The number of ether oxygens (including phenoxy) is 1. The van der Waals surface area contributed by atoms with Gasteiger partial charge in [-0.25, -0.2) is 0 Å². The Morgan fingerprint density at radius 1 is 1.62 bits per heavy atom. The number of rotatable bonds is 4. The summed E-state index contributed by atoms with van der Waals surface area (Å²) in [5.74, 6) is -2.37. The molecule has 1 aliphatic rings. The van der Waals surface area contributed by atoms with Crippen molar-refractivity contribution in [1.82, 2.24) is 5.48 Å². The summed E-state index contributed by atoms with van der Waals surface area (Å²) in [7, 11) is 0. The molecule has 0 aromatic heterocycles. The molecule has 94 valence electrons. The van der Waals surface area contributed by atoms with E-state index >= 15 is 0 Å². The van der Waals surface area contributed by atoms with Gasteiger partial charge in [-0.2, -0.15) is 5.48 Å². The van der Waals surface area contributed by atoms with Crippen LogP contribution >= 0.6 is 0 Å². The zero-order valence-electron chi connectivity index (χ0n) is 10.3. The highest BCUT2D eigenvalue weighted by molar-refractivity contribution is 5.74. The van der Waals surface area contributed by atoms with Crippen LogP contribution in [0.5, 0.6) is 0 Å². The molecular formula is C11H21NO4. The van der Waals surface area contributed by atoms with E-state index in [2.05, 4.69) is 5.48 Å². The van der Waals surface area contributed by atoms with Crippen LogP contribution in [0.1, 0.15) is 34.1 Å². The molecule has 0 saturated carbocycles. The second-order valence-corrected chi connectivity index (χ2v) is 4.42. The summed E-state index contributed by atoms with van der Waals surface area (Å²) < 4.78 is 4.97. The SMILES string of the molecule is CCOC(=O)[C@H]1[C@H](C(C)CC)NOC1(C)O. The van der Waals surface area contributed by atoms with Gasteiger partial charge in [0, 0.05) is 0 Å². The van der Waals surface area contributed by atoms with E-state index in [0.29, 0.717) is 6.61 Å². The van der Waals surface area contributed by atoms with E-state index in [1.54, 1.807) is 6.92 Å². The van der Waals surface area contributed by atoms with Gasteiger partial charge in [0.05, 0.1) is 12.6 Å². The monoisotopic (exact) mass is 231 g/mol. The largest absolute Gasteiger partial charge is 0.466 e. The number of carbonyl (C=O) groups excluding carboxylic acids is 1. The lowest BCUT2D eigenvalue weighted by molar-refractivity contribution is -0.213. The molecule has 4 atom stereocenters. The van der Waals surface area contributed by atoms with Gasteiger partial charge in [-0.1, -0.05) is 20.3 Å². The summed E-state index contributed by atoms with van der Waals surface area (Å²) in [6, 6.07) is -0.209. The van der Waals surface area contributed by atoms with Crippen LogP contribution in [0.25, 0.3) is 0 Å². The number of aliphatic hydroxyl groups is 1. The van der Waals surface area contributed by atoms with Crippen molar-refractivity contribution in [2.24, 2.45) is 11.8 Å². The normalized spacial score (nSPS) is 36.1. The molecule has 0 amide bonds. The van der Waals surface area contributed by atoms with Gasteiger partial charge in [0.2, 0.25) is 0 Å². The molecular weight excluding hydrogens is 210 g/mol. The summed E-state index contributed by atoms with van der Waals surface area (Å²) >= 11 is 0. The smallest absolute Gasteiger partial charge is 0.316 e. The molecule has 1 aliphatic heterocycles. The third-order valence-corrected chi connectivity index (χ3v) is 3.14. The van der Waals surface area contributed by atoms with Gasteiger partial charge >= 0.3 is 5.97 Å². The number of hydrogen-bond donors (Lipinski definition) is 2. The van der Waals surface area contributed by atoms with Crippen molar-refractivity contribution in [2.75, 3.05) is 6.61 Å². The Bertz CT molecular complexity index is 254. The zero-order valence-corrected chi connectivity index (χ0v) is 10.3. The van der Waals surface area contributed by atoms with Crippen LogP contribution in [0.15, 0.2) is 0 Å². The number of hydrogen-bond acceptors (Lipinski definition) is 5. The first-order valence-corrected chi connectivity index (χ1v) is 5.76. The topological polar surface area (TPSA) is 67.8 Å². The first kappa shape index (κ1) is 13.4. The molecule has 0 aromatic rings. The molecule has 0 bridgehead atoms. The Kier molecular flexibility index (Phi) is 4.29. The van der Waals surface area contributed by atoms with E-state index in [-0.39, 0.29) is 12.0 Å².